The van der Waals surface area contributed by atoms with Crippen molar-refractivity contribution in [3.05, 3.63) is 35.7 Å². The molecule has 7 nitrogen and oxygen atoms in total. The summed E-state index contributed by atoms with van der Waals surface area (Å²) in [4.78, 5) is 12.7. The standard InChI is InChI=1S/C18H22N4O3S2/c1-21-17(14-4-5-14)19-20-18(21)26-12-16(23)13-6-8-15(9-7-13)27(24,25)22-10-2-3-11-22/h6-9,14H,2-5,10-12H2,1H3. The van der Waals surface area contributed by atoms with Crippen molar-refractivity contribution in [1.29, 1.82) is 0 Å². The summed E-state index contributed by atoms with van der Waals surface area (Å²) < 4.78 is 28.6. The second-order valence-corrected chi connectivity index (χ2v) is 9.90. The normalized spacial score (nSPS) is 18.1. The van der Waals surface area contributed by atoms with Gasteiger partial charge in [-0.05, 0) is 37.8 Å². The molecule has 0 radical (unpaired) electrons. The highest BCUT2D eigenvalue weighted by molar-refractivity contribution is 7.99. The highest BCUT2D eigenvalue weighted by Crippen LogP contribution is 2.39. The molecule has 2 aromatic rings. The van der Waals surface area contributed by atoms with Crippen molar-refractivity contribution >= 4 is 27.6 Å². The topological polar surface area (TPSA) is 85.2 Å². The van der Waals surface area contributed by atoms with E-state index in [0.29, 0.717) is 24.6 Å². The second kappa shape index (κ2) is 7.37. The van der Waals surface area contributed by atoms with E-state index in [1.165, 1.54) is 28.2 Å². The fourth-order valence-corrected chi connectivity index (χ4v) is 5.58. The highest BCUT2D eigenvalue weighted by Gasteiger charge is 2.29. The molecule has 1 saturated carbocycles. The van der Waals surface area contributed by atoms with Gasteiger partial charge < -0.3 is 4.57 Å². The number of hydrogen-bond donors (Lipinski definition) is 0. The molecule has 2 aliphatic rings. The zero-order chi connectivity index (χ0) is 19.0. The lowest BCUT2D eigenvalue weighted by molar-refractivity contribution is 0.102. The molecule has 2 fully saturated rings. The zero-order valence-corrected chi connectivity index (χ0v) is 16.8. The Morgan fingerprint density at radius 1 is 1.15 bits per heavy atom. The van der Waals surface area contributed by atoms with Gasteiger partial charge >= 0.3 is 0 Å². The van der Waals surface area contributed by atoms with Crippen molar-refractivity contribution in [2.45, 2.75) is 41.7 Å². The molecule has 1 aliphatic carbocycles. The molecule has 1 saturated heterocycles. The number of nitrogens with zero attached hydrogens (tertiary/aromatic N) is 4. The molecule has 4 rings (SSSR count). The number of hydrogen-bond acceptors (Lipinski definition) is 6. The minimum Gasteiger partial charge on any atom is -0.309 e. The van der Waals surface area contributed by atoms with E-state index in [9.17, 15) is 13.2 Å². The van der Waals surface area contributed by atoms with E-state index in [4.69, 9.17) is 0 Å². The van der Waals surface area contributed by atoms with Crippen LogP contribution in [-0.2, 0) is 17.1 Å². The van der Waals surface area contributed by atoms with Crippen LogP contribution in [0.15, 0.2) is 34.3 Å². The number of carbonyl (C=O) groups excluding carboxylic acids is 1. The van der Waals surface area contributed by atoms with Gasteiger partial charge in [-0.3, -0.25) is 4.79 Å². The molecular weight excluding hydrogens is 384 g/mol. The molecule has 1 aliphatic heterocycles. The lowest BCUT2D eigenvalue weighted by Gasteiger charge is -2.15. The summed E-state index contributed by atoms with van der Waals surface area (Å²) in [6.07, 6.45) is 4.11. The van der Waals surface area contributed by atoms with Crippen molar-refractivity contribution < 1.29 is 13.2 Å². The Balaban J connectivity index is 1.40. The summed E-state index contributed by atoms with van der Waals surface area (Å²) >= 11 is 1.36. The quantitative estimate of drug-likeness (QED) is 0.519. The third-order valence-corrected chi connectivity index (χ3v) is 7.96. The van der Waals surface area contributed by atoms with Crippen LogP contribution in [0.1, 0.15) is 47.8 Å². The van der Waals surface area contributed by atoms with Gasteiger partial charge in [0.2, 0.25) is 10.0 Å². The van der Waals surface area contributed by atoms with Gasteiger partial charge in [-0.1, -0.05) is 23.9 Å². The molecule has 9 heteroatoms. The summed E-state index contributed by atoms with van der Waals surface area (Å²) in [6.45, 7) is 1.14. The number of aromatic nitrogens is 3. The molecule has 1 aromatic heterocycles. The van der Waals surface area contributed by atoms with Gasteiger partial charge in [0.15, 0.2) is 10.9 Å². The van der Waals surface area contributed by atoms with Gasteiger partial charge in [0.25, 0.3) is 0 Å². The summed E-state index contributed by atoms with van der Waals surface area (Å²) in [6, 6.07) is 6.24. The molecule has 0 N–H and O–H groups in total. The molecule has 0 amide bonds. The van der Waals surface area contributed by atoms with Crippen molar-refractivity contribution in [2.75, 3.05) is 18.8 Å². The second-order valence-electron chi connectivity index (χ2n) is 7.02. The Hall–Kier alpha value is -1.71. The number of ketones is 1. The largest absolute Gasteiger partial charge is 0.309 e. The van der Waals surface area contributed by atoms with Gasteiger partial charge in [-0.2, -0.15) is 4.31 Å². The van der Waals surface area contributed by atoms with E-state index in [1.807, 2.05) is 11.6 Å². The number of sulfonamides is 1. The van der Waals surface area contributed by atoms with E-state index in [2.05, 4.69) is 10.2 Å². The fourth-order valence-electron chi connectivity index (χ4n) is 3.25. The lowest BCUT2D eigenvalue weighted by Crippen LogP contribution is -2.27. The summed E-state index contributed by atoms with van der Waals surface area (Å²) in [5.74, 6) is 1.69. The van der Waals surface area contributed by atoms with Gasteiger partial charge in [-0.25, -0.2) is 8.42 Å². The fraction of sp³-hybridized carbons (Fsp3) is 0.500. The van der Waals surface area contributed by atoms with E-state index in [1.54, 1.807) is 12.1 Å². The molecule has 0 spiro atoms. The van der Waals surface area contributed by atoms with Gasteiger partial charge in [0.1, 0.15) is 5.82 Å². The first-order chi connectivity index (χ1) is 13.0. The maximum atomic E-state index is 12.5. The molecular formula is C18H22N4O3S2. The predicted octanol–water partition coefficient (Wildman–Crippen LogP) is 2.45. The van der Waals surface area contributed by atoms with Crippen molar-refractivity contribution in [3.8, 4) is 0 Å². The summed E-state index contributed by atoms with van der Waals surface area (Å²) in [5.41, 5.74) is 0.507. The van der Waals surface area contributed by atoms with E-state index in [0.717, 1.165) is 36.7 Å². The van der Waals surface area contributed by atoms with Crippen LogP contribution in [0.4, 0.5) is 0 Å². The van der Waals surface area contributed by atoms with Crippen molar-refractivity contribution in [3.63, 3.8) is 0 Å². The van der Waals surface area contributed by atoms with Crippen LogP contribution in [0.3, 0.4) is 0 Å². The third kappa shape index (κ3) is 3.81. The van der Waals surface area contributed by atoms with E-state index in [-0.39, 0.29) is 16.4 Å². The van der Waals surface area contributed by atoms with Crippen LogP contribution < -0.4 is 0 Å². The summed E-state index contributed by atoms with van der Waals surface area (Å²) in [5, 5.41) is 9.12. The Labute approximate surface area is 163 Å². The molecule has 0 bridgehead atoms. The van der Waals surface area contributed by atoms with Crippen LogP contribution in [0.25, 0.3) is 0 Å². The van der Waals surface area contributed by atoms with Gasteiger partial charge in [0, 0.05) is 31.6 Å². The zero-order valence-electron chi connectivity index (χ0n) is 15.2. The Morgan fingerprint density at radius 3 is 2.44 bits per heavy atom. The number of Topliss-reactive ketones (excluding diaryl/α,β-unsaturated/α-hetero) is 1. The molecule has 144 valence electrons. The SMILES string of the molecule is Cn1c(SCC(=O)c2ccc(S(=O)(=O)N3CCCC3)cc2)nnc1C1CC1. The smallest absolute Gasteiger partial charge is 0.243 e. The molecule has 27 heavy (non-hydrogen) atoms. The van der Waals surface area contributed by atoms with Crippen LogP contribution in [-0.4, -0.2) is 52.1 Å². The van der Waals surface area contributed by atoms with Gasteiger partial charge in [0.05, 0.1) is 10.6 Å². The Kier molecular flexibility index (Phi) is 5.09. The first-order valence-corrected chi connectivity index (χ1v) is 11.5. The Morgan fingerprint density at radius 2 is 1.81 bits per heavy atom. The minimum absolute atomic E-state index is 0.0545. The van der Waals surface area contributed by atoms with Crippen molar-refractivity contribution in [1.82, 2.24) is 19.1 Å². The maximum absolute atomic E-state index is 12.5. The van der Waals surface area contributed by atoms with Crippen LogP contribution in [0, 0.1) is 0 Å². The van der Waals surface area contributed by atoms with Crippen molar-refractivity contribution in [2.24, 2.45) is 7.05 Å². The first-order valence-electron chi connectivity index (χ1n) is 9.12. The molecule has 0 unspecified atom stereocenters. The predicted molar refractivity (Wildman–Crippen MR) is 102 cm³/mol. The first kappa shape index (κ1) is 18.6. The maximum Gasteiger partial charge on any atom is 0.243 e. The van der Waals surface area contributed by atoms with Crippen LogP contribution >= 0.6 is 11.8 Å². The monoisotopic (exact) mass is 406 g/mol. The summed E-state index contributed by atoms with van der Waals surface area (Å²) in [7, 11) is -1.52. The average molecular weight is 407 g/mol. The van der Waals surface area contributed by atoms with E-state index < -0.39 is 10.0 Å². The van der Waals surface area contributed by atoms with Gasteiger partial charge in [-0.15, -0.1) is 10.2 Å². The number of thioether (sulfide) groups is 1. The highest BCUT2D eigenvalue weighted by atomic mass is 32.2. The third-order valence-electron chi connectivity index (χ3n) is 5.02. The molecule has 1 aromatic carbocycles. The van der Waals surface area contributed by atoms with Crippen LogP contribution in [0.5, 0.6) is 0 Å². The number of benzene rings is 1. The molecule has 0 atom stereocenters. The number of carbonyl (C=O) groups is 1. The Bertz CT molecular complexity index is 943. The average Bonchev–Trinajstić information content (AvgIpc) is 3.21. The van der Waals surface area contributed by atoms with Crippen LogP contribution in [0.2, 0.25) is 0 Å². The molecule has 2 heterocycles. The number of rotatable bonds is 7. The van der Waals surface area contributed by atoms with E-state index >= 15 is 0 Å². The minimum atomic E-state index is -3.45. The lowest BCUT2D eigenvalue weighted by atomic mass is 10.1.